The molecule has 0 saturated carbocycles. The van der Waals surface area contributed by atoms with Gasteiger partial charge in [0.2, 0.25) is 0 Å². The van der Waals surface area contributed by atoms with Crippen molar-refractivity contribution in [2.45, 2.75) is 19.8 Å². The van der Waals surface area contributed by atoms with Crippen molar-refractivity contribution in [1.82, 2.24) is 10.6 Å². The zero-order valence-electron chi connectivity index (χ0n) is 11.6. The first kappa shape index (κ1) is 16.6. The summed E-state index contributed by atoms with van der Waals surface area (Å²) >= 11 is 0. The molecule has 21 heavy (non-hydrogen) atoms. The van der Waals surface area contributed by atoms with Crippen LogP contribution in [0.4, 0.5) is 9.18 Å². The molecular weight excluding hydrogens is 279 g/mol. The van der Waals surface area contributed by atoms with E-state index in [1.165, 1.54) is 18.2 Å². The lowest BCUT2D eigenvalue weighted by Crippen LogP contribution is -2.41. The topological polar surface area (TPSA) is 84.5 Å². The van der Waals surface area contributed by atoms with E-state index in [-0.39, 0.29) is 6.42 Å². The maximum atomic E-state index is 12.9. The number of esters is 1. The summed E-state index contributed by atoms with van der Waals surface area (Å²) in [5.74, 6) is -1.86. The van der Waals surface area contributed by atoms with E-state index in [0.29, 0.717) is 12.1 Å². The summed E-state index contributed by atoms with van der Waals surface area (Å²) in [6, 6.07) is 4.88. The van der Waals surface area contributed by atoms with Crippen molar-refractivity contribution < 1.29 is 23.5 Å². The Kier molecular flexibility index (Phi) is 6.86. The normalized spacial score (nSPS) is 9.81. The predicted molar refractivity (Wildman–Crippen MR) is 72.9 cm³/mol. The van der Waals surface area contributed by atoms with E-state index >= 15 is 0 Å². The second-order valence-corrected chi connectivity index (χ2v) is 4.27. The molecule has 0 unspecified atom stereocenters. The number of nitrogens with one attached hydrogen (secondary N) is 2. The van der Waals surface area contributed by atoms with Crippen LogP contribution >= 0.6 is 0 Å². The lowest BCUT2D eigenvalue weighted by molar-refractivity contribution is -0.147. The molecule has 0 spiro atoms. The Bertz CT molecular complexity index is 519. The Balaban J connectivity index is 2.29. The third-order valence-corrected chi connectivity index (χ3v) is 2.39. The minimum absolute atomic E-state index is 0.146. The summed E-state index contributed by atoms with van der Waals surface area (Å²) in [5.41, 5.74) is 0.445. The molecule has 1 aromatic rings. The van der Waals surface area contributed by atoms with Crippen LogP contribution < -0.4 is 10.6 Å². The summed E-state index contributed by atoms with van der Waals surface area (Å²) in [6.07, 6.45) is 0.595. The van der Waals surface area contributed by atoms with Gasteiger partial charge in [0.25, 0.3) is 5.91 Å². The van der Waals surface area contributed by atoms with Gasteiger partial charge in [0, 0.05) is 6.54 Å². The highest BCUT2D eigenvalue weighted by molar-refractivity contribution is 5.95. The predicted octanol–water partition coefficient (Wildman–Crippen LogP) is 1.15. The monoisotopic (exact) mass is 296 g/mol. The van der Waals surface area contributed by atoms with Gasteiger partial charge in [-0.3, -0.25) is 14.9 Å². The molecule has 0 heterocycles. The second kappa shape index (κ2) is 8.68. The van der Waals surface area contributed by atoms with Gasteiger partial charge in [-0.05, 0) is 24.1 Å². The largest absolute Gasteiger partial charge is 0.455 e. The van der Waals surface area contributed by atoms with Crippen LogP contribution in [0.3, 0.4) is 0 Å². The standard InChI is InChI=1S/C14H17FN2O4/c1-2-6-16-14(20)17-12(18)9-21-13(19)8-10-4-3-5-11(15)7-10/h3-5,7H,2,6,8-9H2,1H3,(H2,16,17,18,20). The first-order valence-corrected chi connectivity index (χ1v) is 6.49. The second-order valence-electron chi connectivity index (χ2n) is 4.27. The van der Waals surface area contributed by atoms with Gasteiger partial charge in [-0.15, -0.1) is 0 Å². The lowest BCUT2D eigenvalue weighted by Gasteiger charge is -2.07. The van der Waals surface area contributed by atoms with Gasteiger partial charge in [-0.25, -0.2) is 9.18 Å². The smallest absolute Gasteiger partial charge is 0.321 e. The van der Waals surface area contributed by atoms with Crippen LogP contribution in [-0.4, -0.2) is 31.1 Å². The van der Waals surface area contributed by atoms with E-state index in [2.05, 4.69) is 5.32 Å². The van der Waals surface area contributed by atoms with Gasteiger partial charge in [0.15, 0.2) is 6.61 Å². The molecule has 0 radical (unpaired) electrons. The molecule has 0 atom stereocenters. The number of hydrogen-bond donors (Lipinski definition) is 2. The van der Waals surface area contributed by atoms with Crippen molar-refractivity contribution in [2.24, 2.45) is 0 Å². The van der Waals surface area contributed by atoms with Gasteiger partial charge in [-0.2, -0.15) is 0 Å². The maximum Gasteiger partial charge on any atom is 0.321 e. The van der Waals surface area contributed by atoms with E-state index in [0.717, 1.165) is 6.42 Å². The molecule has 0 saturated heterocycles. The van der Waals surface area contributed by atoms with Crippen LogP contribution in [0.1, 0.15) is 18.9 Å². The molecule has 6 nitrogen and oxygen atoms in total. The van der Waals surface area contributed by atoms with Crippen molar-refractivity contribution in [1.29, 1.82) is 0 Å². The molecular formula is C14H17FN2O4. The Morgan fingerprint density at radius 1 is 1.29 bits per heavy atom. The Labute approximate surface area is 121 Å². The highest BCUT2D eigenvalue weighted by Gasteiger charge is 2.11. The summed E-state index contributed by atoms with van der Waals surface area (Å²) in [7, 11) is 0. The number of rotatable bonds is 6. The van der Waals surface area contributed by atoms with Gasteiger partial charge < -0.3 is 10.1 Å². The lowest BCUT2D eigenvalue weighted by atomic mass is 10.1. The maximum absolute atomic E-state index is 12.9. The number of hydrogen-bond acceptors (Lipinski definition) is 4. The first-order chi connectivity index (χ1) is 10.0. The van der Waals surface area contributed by atoms with E-state index in [1.54, 1.807) is 6.07 Å². The fraction of sp³-hybridized carbons (Fsp3) is 0.357. The minimum Gasteiger partial charge on any atom is -0.455 e. The van der Waals surface area contributed by atoms with Crippen LogP contribution in [0.5, 0.6) is 0 Å². The van der Waals surface area contributed by atoms with Crippen molar-refractivity contribution in [3.63, 3.8) is 0 Å². The van der Waals surface area contributed by atoms with Gasteiger partial charge >= 0.3 is 12.0 Å². The zero-order valence-corrected chi connectivity index (χ0v) is 11.6. The molecule has 3 amide bonds. The molecule has 114 valence electrons. The summed E-state index contributed by atoms with van der Waals surface area (Å²) in [4.78, 5) is 33.9. The number of carbonyl (C=O) groups excluding carboxylic acids is 3. The molecule has 1 aromatic carbocycles. The molecule has 2 N–H and O–H groups in total. The first-order valence-electron chi connectivity index (χ1n) is 6.49. The van der Waals surface area contributed by atoms with Crippen molar-refractivity contribution in [2.75, 3.05) is 13.2 Å². The van der Waals surface area contributed by atoms with Crippen molar-refractivity contribution >= 4 is 17.9 Å². The molecule has 1 rings (SSSR count). The van der Waals surface area contributed by atoms with E-state index in [1.807, 2.05) is 12.2 Å². The number of imide groups is 1. The number of halogens is 1. The highest BCUT2D eigenvalue weighted by atomic mass is 19.1. The highest BCUT2D eigenvalue weighted by Crippen LogP contribution is 2.04. The minimum atomic E-state index is -0.726. The number of benzene rings is 1. The molecule has 0 aliphatic carbocycles. The molecule has 7 heteroatoms. The van der Waals surface area contributed by atoms with Gasteiger partial charge in [-0.1, -0.05) is 19.1 Å². The van der Waals surface area contributed by atoms with Gasteiger partial charge in [0.1, 0.15) is 5.82 Å². The average molecular weight is 296 g/mol. The molecule has 0 aromatic heterocycles. The van der Waals surface area contributed by atoms with Crippen LogP contribution in [0.15, 0.2) is 24.3 Å². The third-order valence-electron chi connectivity index (χ3n) is 2.39. The van der Waals surface area contributed by atoms with Crippen molar-refractivity contribution in [3.05, 3.63) is 35.6 Å². The summed E-state index contributed by atoms with van der Waals surface area (Å²) < 4.78 is 17.6. The van der Waals surface area contributed by atoms with E-state index < -0.39 is 30.3 Å². The number of ether oxygens (including phenoxy) is 1. The molecule has 0 aliphatic rings. The zero-order chi connectivity index (χ0) is 15.7. The number of urea groups is 1. The van der Waals surface area contributed by atoms with E-state index in [9.17, 15) is 18.8 Å². The van der Waals surface area contributed by atoms with Gasteiger partial charge in [0.05, 0.1) is 6.42 Å². The van der Waals surface area contributed by atoms with Crippen LogP contribution in [0.2, 0.25) is 0 Å². The molecule has 0 fully saturated rings. The van der Waals surface area contributed by atoms with Crippen LogP contribution in [-0.2, 0) is 20.7 Å². The van der Waals surface area contributed by atoms with E-state index in [4.69, 9.17) is 4.74 Å². The fourth-order valence-electron chi connectivity index (χ4n) is 1.46. The summed E-state index contributed by atoms with van der Waals surface area (Å²) in [6.45, 7) is 1.75. The van der Waals surface area contributed by atoms with Crippen molar-refractivity contribution in [3.8, 4) is 0 Å². The quantitative estimate of drug-likeness (QED) is 0.771. The molecule has 0 aliphatic heterocycles. The Morgan fingerprint density at radius 3 is 2.71 bits per heavy atom. The SMILES string of the molecule is CCCNC(=O)NC(=O)COC(=O)Cc1cccc(F)c1. The van der Waals surface area contributed by atoms with Crippen LogP contribution in [0.25, 0.3) is 0 Å². The third kappa shape index (κ3) is 7.05. The average Bonchev–Trinajstić information content (AvgIpc) is 2.43. The Morgan fingerprint density at radius 2 is 2.05 bits per heavy atom. The number of amides is 3. The number of carbonyl (C=O) groups is 3. The Hall–Kier alpha value is -2.44. The van der Waals surface area contributed by atoms with Crippen LogP contribution in [0, 0.1) is 5.82 Å². The molecule has 0 bridgehead atoms. The summed E-state index contributed by atoms with van der Waals surface area (Å²) in [5, 5.41) is 4.46. The fourth-order valence-corrected chi connectivity index (χ4v) is 1.46.